The molecule has 1 amide bonds. The van der Waals surface area contributed by atoms with Crippen molar-refractivity contribution in [3.05, 3.63) is 88.3 Å². The van der Waals surface area contributed by atoms with Gasteiger partial charge in [0, 0.05) is 11.1 Å². The molecular weight excluding hydrogens is 302 g/mol. The number of fused-ring (bicyclic) bond motifs is 1. The van der Waals surface area contributed by atoms with Crippen molar-refractivity contribution in [1.82, 2.24) is 0 Å². The average Bonchev–Trinajstić information content (AvgIpc) is 2.57. The smallest absolute Gasteiger partial charge is 0.349 e. The van der Waals surface area contributed by atoms with Crippen molar-refractivity contribution in [3.63, 3.8) is 0 Å². The molecule has 120 valence electrons. The second-order valence-corrected chi connectivity index (χ2v) is 5.54. The predicted octanol–water partition coefficient (Wildman–Crippen LogP) is 4.08. The summed E-state index contributed by atoms with van der Waals surface area (Å²) in [5.74, 6) is -0.478. The number of amides is 1. The van der Waals surface area contributed by atoms with Crippen LogP contribution in [0.5, 0.6) is 0 Å². The van der Waals surface area contributed by atoms with Crippen molar-refractivity contribution in [2.24, 2.45) is 0 Å². The van der Waals surface area contributed by atoms with Crippen molar-refractivity contribution < 1.29 is 9.21 Å². The number of aryl methyl sites for hydroxylation is 1. The number of nitrogens with one attached hydrogen (secondary N) is 1. The van der Waals surface area contributed by atoms with E-state index in [1.54, 1.807) is 18.2 Å². The van der Waals surface area contributed by atoms with E-state index in [0.29, 0.717) is 23.1 Å². The minimum atomic E-state index is -0.648. The van der Waals surface area contributed by atoms with Gasteiger partial charge in [-0.15, -0.1) is 6.58 Å². The zero-order valence-electron chi connectivity index (χ0n) is 13.3. The van der Waals surface area contributed by atoms with E-state index in [4.69, 9.17) is 4.42 Å². The fraction of sp³-hybridized carbons (Fsp3) is 0.100. The van der Waals surface area contributed by atoms with E-state index in [1.807, 2.05) is 43.3 Å². The van der Waals surface area contributed by atoms with Gasteiger partial charge in [-0.3, -0.25) is 4.79 Å². The molecule has 0 aliphatic carbocycles. The number of allylic oxidation sites excluding steroid dienone is 1. The molecule has 0 aliphatic heterocycles. The Morgan fingerprint density at radius 3 is 2.75 bits per heavy atom. The van der Waals surface area contributed by atoms with Gasteiger partial charge in [-0.1, -0.05) is 42.5 Å². The summed E-state index contributed by atoms with van der Waals surface area (Å²) in [5, 5.41) is 3.47. The van der Waals surface area contributed by atoms with Crippen LogP contribution in [0.25, 0.3) is 11.0 Å². The first-order chi connectivity index (χ1) is 11.6. The molecule has 4 heteroatoms. The van der Waals surface area contributed by atoms with Crippen LogP contribution in [0.3, 0.4) is 0 Å². The zero-order chi connectivity index (χ0) is 17.1. The molecule has 0 atom stereocenters. The standard InChI is InChI=1S/C20H17NO3/c1-3-7-14-9-6-10-15-12-16(20(23)24-18(14)15)19(22)21-17-11-5-4-8-13(17)2/h3-6,8-12H,1,7H2,2H3,(H,21,22). The Morgan fingerprint density at radius 2 is 2.00 bits per heavy atom. The molecule has 0 saturated carbocycles. The summed E-state index contributed by atoms with van der Waals surface area (Å²) in [6.07, 6.45) is 2.34. The number of carbonyl (C=O) groups excluding carboxylic acids is 1. The van der Waals surface area contributed by atoms with Crippen LogP contribution in [0, 0.1) is 6.92 Å². The molecule has 24 heavy (non-hydrogen) atoms. The molecule has 0 spiro atoms. The van der Waals surface area contributed by atoms with Crippen LogP contribution in [0.1, 0.15) is 21.5 Å². The molecule has 1 N–H and O–H groups in total. The van der Waals surface area contributed by atoms with E-state index in [9.17, 15) is 9.59 Å². The van der Waals surface area contributed by atoms with Gasteiger partial charge in [0.1, 0.15) is 11.1 Å². The largest absolute Gasteiger partial charge is 0.422 e. The van der Waals surface area contributed by atoms with Gasteiger partial charge < -0.3 is 9.73 Å². The Morgan fingerprint density at radius 1 is 1.21 bits per heavy atom. The van der Waals surface area contributed by atoms with Gasteiger partial charge in [-0.05, 0) is 36.6 Å². The number of carbonyl (C=O) groups is 1. The van der Waals surface area contributed by atoms with Crippen molar-refractivity contribution in [2.75, 3.05) is 5.32 Å². The molecule has 1 heterocycles. The van der Waals surface area contributed by atoms with Crippen LogP contribution in [0.4, 0.5) is 5.69 Å². The van der Waals surface area contributed by atoms with Crippen LogP contribution >= 0.6 is 0 Å². The lowest BCUT2D eigenvalue weighted by Crippen LogP contribution is -2.21. The minimum Gasteiger partial charge on any atom is -0.422 e. The quantitative estimate of drug-likeness (QED) is 0.582. The fourth-order valence-corrected chi connectivity index (χ4v) is 2.58. The van der Waals surface area contributed by atoms with Gasteiger partial charge >= 0.3 is 5.63 Å². The summed E-state index contributed by atoms with van der Waals surface area (Å²) in [6, 6.07) is 14.5. The number of hydrogen-bond donors (Lipinski definition) is 1. The molecular formula is C20H17NO3. The molecule has 3 rings (SSSR count). The van der Waals surface area contributed by atoms with E-state index in [2.05, 4.69) is 11.9 Å². The Hall–Kier alpha value is -3.14. The summed E-state index contributed by atoms with van der Waals surface area (Å²) >= 11 is 0. The number of hydrogen-bond acceptors (Lipinski definition) is 3. The third-order valence-corrected chi connectivity index (χ3v) is 3.84. The lowest BCUT2D eigenvalue weighted by atomic mass is 10.1. The highest BCUT2D eigenvalue weighted by Crippen LogP contribution is 2.20. The van der Waals surface area contributed by atoms with Gasteiger partial charge in [0.2, 0.25) is 0 Å². The van der Waals surface area contributed by atoms with Crippen LogP contribution < -0.4 is 10.9 Å². The van der Waals surface area contributed by atoms with Gasteiger partial charge in [-0.25, -0.2) is 4.79 Å². The second kappa shape index (κ2) is 6.54. The van der Waals surface area contributed by atoms with Crippen LogP contribution in [-0.2, 0) is 6.42 Å². The third-order valence-electron chi connectivity index (χ3n) is 3.84. The summed E-state index contributed by atoms with van der Waals surface area (Å²) < 4.78 is 5.40. The van der Waals surface area contributed by atoms with Gasteiger partial charge in [0.25, 0.3) is 5.91 Å². The van der Waals surface area contributed by atoms with Crippen molar-refractivity contribution in [3.8, 4) is 0 Å². The predicted molar refractivity (Wildman–Crippen MR) is 95.5 cm³/mol. The highest BCUT2D eigenvalue weighted by atomic mass is 16.4. The first-order valence-corrected chi connectivity index (χ1v) is 7.64. The Kier molecular flexibility index (Phi) is 4.29. The second-order valence-electron chi connectivity index (χ2n) is 5.54. The molecule has 0 radical (unpaired) electrons. The van der Waals surface area contributed by atoms with Crippen LogP contribution in [0.15, 0.2) is 70.4 Å². The first-order valence-electron chi connectivity index (χ1n) is 7.64. The highest BCUT2D eigenvalue weighted by molar-refractivity contribution is 6.05. The van der Waals surface area contributed by atoms with Crippen molar-refractivity contribution in [1.29, 1.82) is 0 Å². The normalized spacial score (nSPS) is 10.5. The summed E-state index contributed by atoms with van der Waals surface area (Å²) in [6.45, 7) is 5.59. The maximum atomic E-state index is 12.5. The first kappa shape index (κ1) is 15.7. The molecule has 0 saturated heterocycles. The van der Waals surface area contributed by atoms with E-state index >= 15 is 0 Å². The molecule has 3 aromatic rings. The van der Waals surface area contributed by atoms with Crippen molar-refractivity contribution in [2.45, 2.75) is 13.3 Å². The minimum absolute atomic E-state index is 0.0125. The van der Waals surface area contributed by atoms with Gasteiger partial charge in [-0.2, -0.15) is 0 Å². The maximum Gasteiger partial charge on any atom is 0.349 e. The summed E-state index contributed by atoms with van der Waals surface area (Å²) in [4.78, 5) is 24.7. The van der Waals surface area contributed by atoms with E-state index in [-0.39, 0.29) is 5.56 Å². The molecule has 0 aliphatic rings. The molecule has 0 unspecified atom stereocenters. The Labute approximate surface area is 139 Å². The third kappa shape index (κ3) is 2.99. The zero-order valence-corrected chi connectivity index (χ0v) is 13.3. The lowest BCUT2D eigenvalue weighted by Gasteiger charge is -2.08. The molecule has 4 nitrogen and oxygen atoms in total. The molecule has 2 aromatic carbocycles. The molecule has 0 bridgehead atoms. The Balaban J connectivity index is 2.02. The SMILES string of the molecule is C=CCc1cccc2cc(C(=O)Nc3ccccc3C)c(=O)oc12. The molecule has 0 fully saturated rings. The number of benzene rings is 2. The van der Waals surface area contributed by atoms with Gasteiger partial charge in [0.15, 0.2) is 0 Å². The van der Waals surface area contributed by atoms with Crippen LogP contribution in [0.2, 0.25) is 0 Å². The molecule has 1 aromatic heterocycles. The maximum absolute atomic E-state index is 12.5. The number of anilines is 1. The summed E-state index contributed by atoms with van der Waals surface area (Å²) in [5.41, 5.74) is 2.29. The monoisotopic (exact) mass is 319 g/mol. The van der Waals surface area contributed by atoms with E-state index in [0.717, 1.165) is 11.1 Å². The fourth-order valence-electron chi connectivity index (χ4n) is 2.58. The topological polar surface area (TPSA) is 59.3 Å². The van der Waals surface area contributed by atoms with E-state index in [1.165, 1.54) is 0 Å². The number of para-hydroxylation sites is 2. The average molecular weight is 319 g/mol. The lowest BCUT2D eigenvalue weighted by molar-refractivity contribution is 0.102. The number of rotatable bonds is 4. The van der Waals surface area contributed by atoms with Crippen LogP contribution in [-0.4, -0.2) is 5.91 Å². The van der Waals surface area contributed by atoms with Crippen molar-refractivity contribution >= 4 is 22.6 Å². The summed E-state index contributed by atoms with van der Waals surface area (Å²) in [7, 11) is 0. The Bertz CT molecular complexity index is 986. The van der Waals surface area contributed by atoms with E-state index < -0.39 is 11.5 Å². The highest BCUT2D eigenvalue weighted by Gasteiger charge is 2.15. The van der Waals surface area contributed by atoms with Gasteiger partial charge in [0.05, 0.1) is 0 Å².